The van der Waals surface area contributed by atoms with Crippen molar-refractivity contribution in [2.24, 2.45) is 0 Å². The van der Waals surface area contributed by atoms with Crippen LogP contribution in [0.4, 0.5) is 0 Å². The third-order valence-corrected chi connectivity index (χ3v) is 3.72. The van der Waals surface area contributed by atoms with Crippen LogP contribution in [-0.4, -0.2) is 11.5 Å². The third-order valence-electron chi connectivity index (χ3n) is 3.72. The van der Waals surface area contributed by atoms with Gasteiger partial charge >= 0.3 is 0 Å². The van der Waals surface area contributed by atoms with Gasteiger partial charge in [0.1, 0.15) is 0 Å². The lowest BCUT2D eigenvalue weighted by Gasteiger charge is -2.20. The standard InChI is InChI=1S/C20H20N2/c1-3-9-17(10-4-1)20(18-11-5-2-6-12-18)22-16-14-19-13-7-8-15-21-19/h1-13,15,20,22H,14,16H2. The Hall–Kier alpha value is -2.45. The lowest BCUT2D eigenvalue weighted by atomic mass is 9.98. The summed E-state index contributed by atoms with van der Waals surface area (Å²) in [6, 6.07) is 27.4. The van der Waals surface area contributed by atoms with E-state index in [0.717, 1.165) is 18.7 Å². The van der Waals surface area contributed by atoms with Gasteiger partial charge in [0.05, 0.1) is 6.04 Å². The maximum atomic E-state index is 4.38. The van der Waals surface area contributed by atoms with E-state index in [0.29, 0.717) is 0 Å². The molecule has 3 aromatic rings. The molecule has 0 saturated heterocycles. The van der Waals surface area contributed by atoms with E-state index >= 15 is 0 Å². The summed E-state index contributed by atoms with van der Waals surface area (Å²) in [4.78, 5) is 4.38. The first-order valence-electron chi connectivity index (χ1n) is 7.66. The van der Waals surface area contributed by atoms with Crippen LogP contribution in [0.1, 0.15) is 22.9 Å². The van der Waals surface area contributed by atoms with Crippen molar-refractivity contribution in [3.05, 3.63) is 102 Å². The number of rotatable bonds is 6. The SMILES string of the molecule is c1ccc(C(NCCc2ccccn2)c2ccccc2)cc1. The number of nitrogens with zero attached hydrogens (tertiary/aromatic N) is 1. The number of hydrogen-bond donors (Lipinski definition) is 1. The van der Waals surface area contributed by atoms with Gasteiger partial charge in [0.2, 0.25) is 0 Å². The lowest BCUT2D eigenvalue weighted by Crippen LogP contribution is -2.24. The van der Waals surface area contributed by atoms with Crippen molar-refractivity contribution in [1.29, 1.82) is 0 Å². The fourth-order valence-electron chi connectivity index (χ4n) is 2.61. The summed E-state index contributed by atoms with van der Waals surface area (Å²) < 4.78 is 0. The molecule has 1 N–H and O–H groups in total. The Bertz CT molecular complexity index is 626. The van der Waals surface area contributed by atoms with E-state index in [4.69, 9.17) is 0 Å². The van der Waals surface area contributed by atoms with E-state index in [2.05, 4.69) is 77.0 Å². The van der Waals surface area contributed by atoms with Crippen LogP contribution in [0.3, 0.4) is 0 Å². The van der Waals surface area contributed by atoms with Gasteiger partial charge in [-0.05, 0) is 23.3 Å². The first-order valence-corrected chi connectivity index (χ1v) is 7.66. The van der Waals surface area contributed by atoms with Gasteiger partial charge in [0.15, 0.2) is 0 Å². The Morgan fingerprint density at radius 3 is 1.86 bits per heavy atom. The zero-order valence-electron chi connectivity index (χ0n) is 12.5. The summed E-state index contributed by atoms with van der Waals surface area (Å²) in [7, 11) is 0. The minimum Gasteiger partial charge on any atom is -0.306 e. The maximum Gasteiger partial charge on any atom is 0.0576 e. The Labute approximate surface area is 131 Å². The molecule has 2 heteroatoms. The summed E-state index contributed by atoms with van der Waals surface area (Å²) in [5, 5.41) is 3.66. The second-order valence-corrected chi connectivity index (χ2v) is 5.28. The normalized spacial score (nSPS) is 10.8. The van der Waals surface area contributed by atoms with Crippen LogP contribution >= 0.6 is 0 Å². The first kappa shape index (κ1) is 14.5. The largest absolute Gasteiger partial charge is 0.306 e. The van der Waals surface area contributed by atoms with Crippen LogP contribution < -0.4 is 5.32 Å². The molecule has 0 bridgehead atoms. The van der Waals surface area contributed by atoms with Crippen LogP contribution in [0.5, 0.6) is 0 Å². The zero-order chi connectivity index (χ0) is 15.0. The van der Waals surface area contributed by atoms with Crippen LogP contribution in [0.15, 0.2) is 85.1 Å². The van der Waals surface area contributed by atoms with Crippen molar-refractivity contribution < 1.29 is 0 Å². The first-order chi connectivity index (χ1) is 10.9. The van der Waals surface area contributed by atoms with E-state index in [1.807, 2.05) is 18.3 Å². The molecular weight excluding hydrogens is 268 g/mol. The second kappa shape index (κ2) is 7.53. The van der Waals surface area contributed by atoms with Gasteiger partial charge in [0.25, 0.3) is 0 Å². The predicted octanol–water partition coefficient (Wildman–Crippen LogP) is 4.00. The molecule has 0 aliphatic rings. The molecule has 0 atom stereocenters. The van der Waals surface area contributed by atoms with Crippen molar-refractivity contribution in [3.8, 4) is 0 Å². The fourth-order valence-corrected chi connectivity index (χ4v) is 2.61. The monoisotopic (exact) mass is 288 g/mol. The molecule has 1 heterocycles. The second-order valence-electron chi connectivity index (χ2n) is 5.28. The van der Waals surface area contributed by atoms with E-state index in [1.165, 1.54) is 11.1 Å². The van der Waals surface area contributed by atoms with Gasteiger partial charge < -0.3 is 5.32 Å². The Kier molecular flexibility index (Phi) is 4.96. The highest BCUT2D eigenvalue weighted by molar-refractivity contribution is 5.31. The van der Waals surface area contributed by atoms with Gasteiger partial charge in [-0.2, -0.15) is 0 Å². The summed E-state index contributed by atoms with van der Waals surface area (Å²) in [5.41, 5.74) is 3.69. The molecular formula is C20H20N2. The summed E-state index contributed by atoms with van der Waals surface area (Å²) in [6.45, 7) is 0.894. The van der Waals surface area contributed by atoms with Crippen molar-refractivity contribution in [2.45, 2.75) is 12.5 Å². The van der Waals surface area contributed by atoms with Gasteiger partial charge in [-0.15, -0.1) is 0 Å². The van der Waals surface area contributed by atoms with Crippen molar-refractivity contribution >= 4 is 0 Å². The average molecular weight is 288 g/mol. The molecule has 0 aliphatic heterocycles. The molecule has 0 spiro atoms. The quantitative estimate of drug-likeness (QED) is 0.741. The van der Waals surface area contributed by atoms with Crippen LogP contribution in [0, 0.1) is 0 Å². The highest BCUT2D eigenvalue weighted by atomic mass is 14.9. The summed E-state index contributed by atoms with van der Waals surface area (Å²) in [6.07, 6.45) is 2.78. The van der Waals surface area contributed by atoms with E-state index in [1.54, 1.807) is 0 Å². The number of benzene rings is 2. The molecule has 0 aliphatic carbocycles. The molecule has 110 valence electrons. The number of pyridine rings is 1. The van der Waals surface area contributed by atoms with Crippen LogP contribution in [-0.2, 0) is 6.42 Å². The average Bonchev–Trinajstić information content (AvgIpc) is 2.61. The van der Waals surface area contributed by atoms with Crippen molar-refractivity contribution in [1.82, 2.24) is 10.3 Å². The van der Waals surface area contributed by atoms with Crippen molar-refractivity contribution in [2.75, 3.05) is 6.54 Å². The predicted molar refractivity (Wildman–Crippen MR) is 90.7 cm³/mol. The third kappa shape index (κ3) is 3.80. The Morgan fingerprint density at radius 1 is 0.727 bits per heavy atom. The molecule has 0 radical (unpaired) electrons. The minimum absolute atomic E-state index is 0.214. The van der Waals surface area contributed by atoms with Gasteiger partial charge in [-0.3, -0.25) is 4.98 Å². The molecule has 1 aromatic heterocycles. The maximum absolute atomic E-state index is 4.38. The molecule has 0 unspecified atom stereocenters. The highest BCUT2D eigenvalue weighted by Gasteiger charge is 2.12. The number of hydrogen-bond acceptors (Lipinski definition) is 2. The minimum atomic E-state index is 0.214. The summed E-state index contributed by atoms with van der Waals surface area (Å²) in [5.74, 6) is 0. The lowest BCUT2D eigenvalue weighted by molar-refractivity contribution is 0.602. The van der Waals surface area contributed by atoms with Crippen LogP contribution in [0.25, 0.3) is 0 Å². The van der Waals surface area contributed by atoms with Crippen molar-refractivity contribution in [3.63, 3.8) is 0 Å². The van der Waals surface area contributed by atoms with Gasteiger partial charge in [0, 0.05) is 24.9 Å². The zero-order valence-corrected chi connectivity index (χ0v) is 12.5. The molecule has 0 saturated carbocycles. The number of aromatic nitrogens is 1. The molecule has 3 rings (SSSR count). The smallest absolute Gasteiger partial charge is 0.0576 e. The van der Waals surface area contributed by atoms with E-state index < -0.39 is 0 Å². The topological polar surface area (TPSA) is 24.9 Å². The fraction of sp³-hybridized carbons (Fsp3) is 0.150. The Balaban J connectivity index is 1.72. The van der Waals surface area contributed by atoms with E-state index in [9.17, 15) is 0 Å². The number of nitrogens with one attached hydrogen (secondary N) is 1. The summed E-state index contributed by atoms with van der Waals surface area (Å²) >= 11 is 0. The Morgan fingerprint density at radius 2 is 1.32 bits per heavy atom. The molecule has 0 fully saturated rings. The molecule has 2 aromatic carbocycles. The van der Waals surface area contributed by atoms with Gasteiger partial charge in [-0.1, -0.05) is 66.7 Å². The van der Waals surface area contributed by atoms with Crippen LogP contribution in [0.2, 0.25) is 0 Å². The molecule has 2 nitrogen and oxygen atoms in total. The highest BCUT2D eigenvalue weighted by Crippen LogP contribution is 2.21. The molecule has 22 heavy (non-hydrogen) atoms. The molecule has 0 amide bonds. The van der Waals surface area contributed by atoms with Gasteiger partial charge in [-0.25, -0.2) is 0 Å². The van der Waals surface area contributed by atoms with E-state index in [-0.39, 0.29) is 6.04 Å².